The number of aromatic nitrogens is 1. The fourth-order valence-corrected chi connectivity index (χ4v) is 7.71. The third-order valence-electron chi connectivity index (χ3n) is 10.0. The van der Waals surface area contributed by atoms with Crippen LogP contribution in [0.4, 0.5) is 0 Å². The highest BCUT2D eigenvalue weighted by Crippen LogP contribution is 2.53. The van der Waals surface area contributed by atoms with Crippen LogP contribution in [0.15, 0.2) is 205 Å². The maximum Gasteiger partial charge on any atom is 0.154 e. The van der Waals surface area contributed by atoms with E-state index in [1.54, 1.807) is 0 Å². The zero-order valence-electron chi connectivity index (χ0n) is 29.5. The second kappa shape index (κ2) is 14.0. The third-order valence-corrected chi connectivity index (χ3v) is 10.0. The molecule has 4 heteroatoms. The maximum absolute atomic E-state index is 8.67. The molecule has 54 heavy (non-hydrogen) atoms. The molecule has 0 aliphatic rings. The van der Waals surface area contributed by atoms with Crippen molar-refractivity contribution in [3.63, 3.8) is 0 Å². The summed E-state index contributed by atoms with van der Waals surface area (Å²) < 4.78 is 2.39. The van der Waals surface area contributed by atoms with Crippen LogP contribution < -0.4 is 5.73 Å². The van der Waals surface area contributed by atoms with E-state index in [9.17, 15) is 0 Å². The van der Waals surface area contributed by atoms with Crippen molar-refractivity contribution in [3.8, 4) is 50.2 Å². The molecule has 1 aromatic heterocycles. The summed E-state index contributed by atoms with van der Waals surface area (Å²) in [6, 6.07) is 69.5. The average molecular weight is 693 g/mol. The molecule has 0 atom stereocenters. The molecule has 0 unspecified atom stereocenters. The maximum atomic E-state index is 8.67. The summed E-state index contributed by atoms with van der Waals surface area (Å²) in [5.41, 5.74) is 20.5. The summed E-state index contributed by atoms with van der Waals surface area (Å²) in [6.45, 7) is 0. The average Bonchev–Trinajstić information content (AvgIpc) is 3.59. The van der Waals surface area contributed by atoms with Gasteiger partial charge in [0.2, 0.25) is 0 Å². The highest BCUT2D eigenvalue weighted by molar-refractivity contribution is 6.26. The lowest BCUT2D eigenvalue weighted by Crippen LogP contribution is -2.16. The smallest absolute Gasteiger partial charge is 0.154 e. The van der Waals surface area contributed by atoms with E-state index in [-0.39, 0.29) is 11.7 Å². The number of hydrogen-bond acceptors (Lipinski definition) is 1. The molecule has 0 fully saturated rings. The van der Waals surface area contributed by atoms with Gasteiger partial charge in [-0.05, 0) is 46.0 Å². The summed E-state index contributed by atoms with van der Waals surface area (Å²) in [5.74, 6) is 0.409. The number of rotatable bonds is 7. The molecule has 8 aromatic carbocycles. The van der Waals surface area contributed by atoms with Gasteiger partial charge in [0.25, 0.3) is 0 Å². The molecule has 0 bridgehead atoms. The molecule has 0 aliphatic heterocycles. The van der Waals surface area contributed by atoms with Gasteiger partial charge in [-0.15, -0.1) is 0 Å². The van der Waals surface area contributed by atoms with Crippen molar-refractivity contribution >= 4 is 33.5 Å². The van der Waals surface area contributed by atoms with Crippen LogP contribution in [0.2, 0.25) is 0 Å². The van der Waals surface area contributed by atoms with Crippen LogP contribution in [0.3, 0.4) is 0 Å². The third kappa shape index (κ3) is 5.76. The van der Waals surface area contributed by atoms with E-state index in [2.05, 4.69) is 167 Å². The fourth-order valence-electron chi connectivity index (χ4n) is 7.71. The van der Waals surface area contributed by atoms with E-state index in [0.29, 0.717) is 5.56 Å². The largest absolute Gasteiger partial charge is 0.383 e. The van der Waals surface area contributed by atoms with Crippen molar-refractivity contribution < 1.29 is 0 Å². The van der Waals surface area contributed by atoms with Crippen molar-refractivity contribution in [2.24, 2.45) is 10.7 Å². The fraction of sp³-hybridized carbons (Fsp3) is 0. The first kappa shape index (κ1) is 32.6. The number of nitrogens with two attached hydrogens (primary N) is 1. The number of hydrogen-bond donors (Lipinski definition) is 2. The van der Waals surface area contributed by atoms with Gasteiger partial charge >= 0.3 is 0 Å². The van der Waals surface area contributed by atoms with Crippen LogP contribution in [-0.2, 0) is 0 Å². The number of amidine groups is 2. The number of aliphatic imine (C=N–C) groups is 1. The molecule has 4 nitrogen and oxygen atoms in total. The van der Waals surface area contributed by atoms with Crippen LogP contribution in [0.5, 0.6) is 0 Å². The van der Waals surface area contributed by atoms with Gasteiger partial charge in [0, 0.05) is 44.3 Å². The standard InChI is InChI=1S/C50H36N4/c51-49(38-27-14-5-15-28-38)53-50(52)39-29-18-30-40(33-39)54-42-32-17-16-31-41(42)47-45(36-23-10-3-11-24-36)43(34-19-6-1-7-20-34)44(35-21-8-2-9-22-35)46(48(47)54)37-25-12-4-13-26-37/h1-33H,(H3,51,52,53). The minimum atomic E-state index is 0.121. The number of nitrogens with one attached hydrogen (secondary N) is 1. The Morgan fingerprint density at radius 1 is 0.444 bits per heavy atom. The molecule has 3 N–H and O–H groups in total. The van der Waals surface area contributed by atoms with Crippen molar-refractivity contribution in [2.75, 3.05) is 0 Å². The topological polar surface area (TPSA) is 67.2 Å². The minimum Gasteiger partial charge on any atom is -0.383 e. The number of nitrogens with zero attached hydrogens (tertiary/aromatic N) is 2. The highest BCUT2D eigenvalue weighted by Gasteiger charge is 2.28. The van der Waals surface area contributed by atoms with Crippen LogP contribution >= 0.6 is 0 Å². The Morgan fingerprint density at radius 3 is 1.46 bits per heavy atom. The monoisotopic (exact) mass is 692 g/mol. The van der Waals surface area contributed by atoms with Gasteiger partial charge in [-0.3, -0.25) is 5.41 Å². The minimum absolute atomic E-state index is 0.121. The second-order valence-electron chi connectivity index (χ2n) is 13.3. The normalized spacial score (nSPS) is 11.6. The van der Waals surface area contributed by atoms with E-state index < -0.39 is 0 Å². The molecule has 9 rings (SSSR count). The Balaban J connectivity index is 1.46. The molecule has 9 aromatic rings. The van der Waals surface area contributed by atoms with Gasteiger partial charge in [0.05, 0.1) is 11.0 Å². The molecule has 256 valence electrons. The van der Waals surface area contributed by atoms with Gasteiger partial charge in [-0.25, -0.2) is 4.99 Å². The molecule has 0 amide bonds. The van der Waals surface area contributed by atoms with E-state index in [1.807, 2.05) is 42.5 Å². The van der Waals surface area contributed by atoms with Gasteiger partial charge < -0.3 is 10.3 Å². The zero-order valence-corrected chi connectivity index (χ0v) is 29.5. The molecular weight excluding hydrogens is 657 g/mol. The zero-order chi connectivity index (χ0) is 36.4. The van der Waals surface area contributed by atoms with Gasteiger partial charge in [0.15, 0.2) is 5.84 Å². The molecule has 0 saturated heterocycles. The second-order valence-corrected chi connectivity index (χ2v) is 13.3. The van der Waals surface area contributed by atoms with Crippen molar-refractivity contribution in [1.29, 1.82) is 5.41 Å². The summed E-state index contributed by atoms with van der Waals surface area (Å²) >= 11 is 0. The first-order chi connectivity index (χ1) is 26.7. The predicted molar refractivity (Wildman–Crippen MR) is 227 cm³/mol. The number of fused-ring (bicyclic) bond motifs is 3. The first-order valence-corrected chi connectivity index (χ1v) is 18.1. The van der Waals surface area contributed by atoms with Crippen LogP contribution in [-0.4, -0.2) is 16.2 Å². The van der Waals surface area contributed by atoms with Crippen molar-refractivity contribution in [3.05, 3.63) is 211 Å². The Kier molecular flexibility index (Phi) is 8.46. The summed E-state index contributed by atoms with van der Waals surface area (Å²) in [6.07, 6.45) is 0. The first-order valence-electron chi connectivity index (χ1n) is 18.1. The molecule has 0 saturated carbocycles. The number of para-hydroxylation sites is 1. The Labute approximate surface area is 314 Å². The SMILES string of the molecule is N=C(N=C(N)c1cccc(-n2c3ccccc3c3c(-c4ccccc4)c(-c4ccccc4)c(-c4ccccc4)c(-c4ccccc4)c32)c1)c1ccccc1. The quantitative estimate of drug-likeness (QED) is 0.127. The van der Waals surface area contributed by atoms with Gasteiger partial charge in [-0.1, -0.05) is 182 Å². The van der Waals surface area contributed by atoms with E-state index in [1.165, 1.54) is 16.5 Å². The van der Waals surface area contributed by atoms with Crippen LogP contribution in [0.1, 0.15) is 11.1 Å². The lowest BCUT2D eigenvalue weighted by Gasteiger charge is -2.24. The summed E-state index contributed by atoms with van der Waals surface area (Å²) in [7, 11) is 0. The van der Waals surface area contributed by atoms with Crippen molar-refractivity contribution in [2.45, 2.75) is 0 Å². The number of benzene rings is 8. The molecule has 0 radical (unpaired) electrons. The predicted octanol–water partition coefficient (Wildman–Crippen LogP) is 12.2. The Bertz CT molecular complexity index is 2810. The lowest BCUT2D eigenvalue weighted by atomic mass is 9.80. The van der Waals surface area contributed by atoms with E-state index in [0.717, 1.165) is 61.1 Å². The lowest BCUT2D eigenvalue weighted by molar-refractivity contribution is 1.18. The summed E-state index contributed by atoms with van der Waals surface area (Å²) in [5, 5.41) is 11.0. The molecule has 1 heterocycles. The molecular formula is C50H36N4. The van der Waals surface area contributed by atoms with Crippen LogP contribution in [0.25, 0.3) is 72.0 Å². The summed E-state index contributed by atoms with van der Waals surface area (Å²) in [4.78, 5) is 4.55. The van der Waals surface area contributed by atoms with Crippen LogP contribution in [0, 0.1) is 5.41 Å². The Hall–Kier alpha value is -7.30. The highest BCUT2D eigenvalue weighted by atomic mass is 15.0. The van der Waals surface area contributed by atoms with Gasteiger partial charge in [0.1, 0.15) is 5.84 Å². The van der Waals surface area contributed by atoms with Gasteiger partial charge in [-0.2, -0.15) is 0 Å². The Morgan fingerprint density at radius 2 is 0.889 bits per heavy atom. The van der Waals surface area contributed by atoms with E-state index >= 15 is 0 Å². The van der Waals surface area contributed by atoms with E-state index in [4.69, 9.17) is 11.1 Å². The van der Waals surface area contributed by atoms with Crippen molar-refractivity contribution in [1.82, 2.24) is 4.57 Å². The molecule has 0 spiro atoms. The molecule has 0 aliphatic carbocycles.